The van der Waals surface area contributed by atoms with Gasteiger partial charge >= 0.3 is 0 Å². The van der Waals surface area contributed by atoms with Crippen LogP contribution in [-0.4, -0.2) is 11.0 Å². The molecule has 0 heterocycles. The van der Waals surface area contributed by atoms with E-state index in [0.29, 0.717) is 5.39 Å². The second-order valence-corrected chi connectivity index (χ2v) is 4.03. The quantitative estimate of drug-likeness (QED) is 0.357. The van der Waals surface area contributed by atoms with Gasteiger partial charge in [0.2, 0.25) is 5.78 Å². The third-order valence-electron chi connectivity index (χ3n) is 2.61. The Hall–Kier alpha value is -2.11. The summed E-state index contributed by atoms with van der Waals surface area (Å²) in [5.41, 5.74) is 0.477. The summed E-state index contributed by atoms with van der Waals surface area (Å²) in [6.45, 7) is 1.57. The molecule has 0 atom stereocenters. The van der Waals surface area contributed by atoms with Crippen LogP contribution in [0.25, 0.3) is 10.8 Å². The molecule has 3 heteroatoms. The van der Waals surface area contributed by atoms with Crippen LogP contribution >= 0.6 is 11.6 Å². The second-order valence-electron chi connectivity index (χ2n) is 3.69. The molecule has 0 N–H and O–H groups in total. The molecule has 0 fully saturated rings. The predicted molar refractivity (Wildman–Crippen MR) is 71.9 cm³/mol. The number of halogens is 1. The highest BCUT2D eigenvalue weighted by molar-refractivity contribution is 6.68. The Morgan fingerprint density at radius 1 is 1.11 bits per heavy atom. The van der Waals surface area contributed by atoms with Crippen molar-refractivity contribution in [2.45, 2.75) is 6.92 Å². The fraction of sp³-hybridized carbons (Fsp3) is 0.0667. The fourth-order valence-corrected chi connectivity index (χ4v) is 2.01. The molecule has 0 aliphatic carbocycles. The lowest BCUT2D eigenvalue weighted by atomic mass is 9.96. The molecule has 0 bridgehead atoms. The van der Waals surface area contributed by atoms with E-state index in [1.807, 2.05) is 12.1 Å². The molecule has 0 saturated carbocycles. The maximum absolute atomic E-state index is 12.0. The van der Waals surface area contributed by atoms with E-state index >= 15 is 0 Å². The van der Waals surface area contributed by atoms with Crippen LogP contribution in [0.1, 0.15) is 27.6 Å². The minimum absolute atomic E-state index is 0.197. The molecule has 2 aromatic rings. The van der Waals surface area contributed by atoms with Gasteiger partial charge < -0.3 is 0 Å². The molecule has 18 heavy (non-hydrogen) atoms. The highest BCUT2D eigenvalue weighted by atomic mass is 35.5. The first-order valence-corrected chi connectivity index (χ1v) is 5.71. The van der Waals surface area contributed by atoms with Crippen molar-refractivity contribution in [3.05, 3.63) is 47.5 Å². The van der Waals surface area contributed by atoms with E-state index in [4.69, 9.17) is 11.6 Å². The molecular formula is C15H9ClO2. The summed E-state index contributed by atoms with van der Waals surface area (Å²) in [6.07, 6.45) is 0. The molecule has 0 aromatic heterocycles. The van der Waals surface area contributed by atoms with Gasteiger partial charge in [0.15, 0.2) is 0 Å². The molecule has 0 aliphatic rings. The molecule has 0 radical (unpaired) electrons. The van der Waals surface area contributed by atoms with E-state index in [1.54, 1.807) is 31.2 Å². The summed E-state index contributed by atoms with van der Waals surface area (Å²) in [6, 6.07) is 10.6. The van der Waals surface area contributed by atoms with Crippen LogP contribution in [0.5, 0.6) is 0 Å². The van der Waals surface area contributed by atoms with Crippen LogP contribution in [0.15, 0.2) is 36.4 Å². The van der Waals surface area contributed by atoms with Crippen molar-refractivity contribution in [1.82, 2.24) is 0 Å². The first-order valence-electron chi connectivity index (χ1n) is 5.34. The summed E-state index contributed by atoms with van der Waals surface area (Å²) >= 11 is 5.51. The lowest BCUT2D eigenvalue weighted by molar-refractivity contribution is 0.103. The van der Waals surface area contributed by atoms with Gasteiger partial charge in [0.05, 0.1) is 5.56 Å². The van der Waals surface area contributed by atoms with Crippen molar-refractivity contribution >= 4 is 33.4 Å². The molecule has 2 aromatic carbocycles. The Kier molecular flexibility index (Phi) is 3.45. The van der Waals surface area contributed by atoms with Crippen molar-refractivity contribution in [3.63, 3.8) is 0 Å². The van der Waals surface area contributed by atoms with Gasteiger partial charge in [-0.1, -0.05) is 36.3 Å². The third kappa shape index (κ3) is 2.13. The molecule has 2 rings (SSSR count). The summed E-state index contributed by atoms with van der Waals surface area (Å²) < 4.78 is 0. The SMILES string of the molecule is CC#CC(=O)c1c(C(=O)Cl)ccc2ccccc12. The number of ketones is 1. The first-order chi connectivity index (χ1) is 8.65. The van der Waals surface area contributed by atoms with Crippen LogP contribution in [0.2, 0.25) is 0 Å². The van der Waals surface area contributed by atoms with Crippen molar-refractivity contribution in [1.29, 1.82) is 0 Å². The zero-order valence-electron chi connectivity index (χ0n) is 9.66. The number of hydrogen-bond donors (Lipinski definition) is 0. The van der Waals surface area contributed by atoms with Gasteiger partial charge in [-0.05, 0) is 41.3 Å². The summed E-state index contributed by atoms with van der Waals surface area (Å²) in [4.78, 5) is 23.4. The highest BCUT2D eigenvalue weighted by Crippen LogP contribution is 2.24. The fourth-order valence-electron chi connectivity index (χ4n) is 1.86. The molecule has 88 valence electrons. The number of carbonyl (C=O) groups excluding carboxylic acids is 2. The Morgan fingerprint density at radius 2 is 1.83 bits per heavy atom. The molecule has 2 nitrogen and oxygen atoms in total. The van der Waals surface area contributed by atoms with E-state index < -0.39 is 11.0 Å². The van der Waals surface area contributed by atoms with Crippen molar-refractivity contribution in [2.75, 3.05) is 0 Å². The minimum atomic E-state index is -0.651. The van der Waals surface area contributed by atoms with Crippen LogP contribution in [-0.2, 0) is 0 Å². The molecule has 0 saturated heterocycles. The van der Waals surface area contributed by atoms with Crippen LogP contribution in [0.3, 0.4) is 0 Å². The maximum atomic E-state index is 12.0. The molecule has 0 spiro atoms. The minimum Gasteiger partial charge on any atom is -0.279 e. The van der Waals surface area contributed by atoms with Gasteiger partial charge in [-0.3, -0.25) is 9.59 Å². The number of fused-ring (bicyclic) bond motifs is 1. The van der Waals surface area contributed by atoms with Gasteiger partial charge in [0.1, 0.15) is 0 Å². The van der Waals surface area contributed by atoms with E-state index in [0.717, 1.165) is 5.39 Å². The second kappa shape index (κ2) is 5.03. The molecular weight excluding hydrogens is 248 g/mol. The van der Waals surface area contributed by atoms with E-state index in [9.17, 15) is 9.59 Å². The Balaban J connectivity index is 2.85. The lowest BCUT2D eigenvalue weighted by Crippen LogP contribution is -2.05. The van der Waals surface area contributed by atoms with Crippen molar-refractivity contribution in [2.24, 2.45) is 0 Å². The molecule has 0 aliphatic heterocycles. The van der Waals surface area contributed by atoms with Gasteiger partial charge in [-0.2, -0.15) is 0 Å². The van der Waals surface area contributed by atoms with E-state index in [2.05, 4.69) is 11.8 Å². The van der Waals surface area contributed by atoms with Crippen LogP contribution in [0, 0.1) is 11.8 Å². The topological polar surface area (TPSA) is 34.1 Å². The average molecular weight is 257 g/mol. The van der Waals surface area contributed by atoms with Crippen LogP contribution in [0.4, 0.5) is 0 Å². The number of rotatable bonds is 2. The van der Waals surface area contributed by atoms with E-state index in [1.165, 1.54) is 0 Å². The van der Waals surface area contributed by atoms with Crippen LogP contribution < -0.4 is 0 Å². The standard InChI is InChI=1S/C15H9ClO2/c1-2-5-13(17)14-11-7-4-3-6-10(11)8-9-12(14)15(16)18/h3-4,6-9H,1H3. The third-order valence-corrected chi connectivity index (χ3v) is 2.81. The zero-order chi connectivity index (χ0) is 13.1. The van der Waals surface area contributed by atoms with E-state index in [-0.39, 0.29) is 11.1 Å². The maximum Gasteiger partial charge on any atom is 0.253 e. The smallest absolute Gasteiger partial charge is 0.253 e. The largest absolute Gasteiger partial charge is 0.279 e. The Labute approximate surface area is 110 Å². The zero-order valence-corrected chi connectivity index (χ0v) is 10.4. The predicted octanol–water partition coefficient (Wildman–Crippen LogP) is 3.42. The summed E-state index contributed by atoms with van der Waals surface area (Å²) in [5.74, 6) is 4.60. The number of carbonyl (C=O) groups is 2. The average Bonchev–Trinajstić information content (AvgIpc) is 2.37. The normalized spacial score (nSPS) is 9.67. The molecule has 0 unspecified atom stereocenters. The lowest BCUT2D eigenvalue weighted by Gasteiger charge is -2.06. The van der Waals surface area contributed by atoms with Crippen molar-refractivity contribution in [3.8, 4) is 11.8 Å². The highest BCUT2D eigenvalue weighted by Gasteiger charge is 2.17. The number of benzene rings is 2. The number of Topliss-reactive ketones (excluding diaryl/α,β-unsaturated/α-hetero) is 1. The van der Waals surface area contributed by atoms with Gasteiger partial charge in [-0.15, -0.1) is 0 Å². The van der Waals surface area contributed by atoms with Gasteiger partial charge in [0.25, 0.3) is 5.24 Å². The monoisotopic (exact) mass is 256 g/mol. The van der Waals surface area contributed by atoms with Gasteiger partial charge in [0, 0.05) is 5.56 Å². The first kappa shape index (κ1) is 12.3. The summed E-state index contributed by atoms with van der Waals surface area (Å²) in [5, 5.41) is 0.916. The number of hydrogen-bond acceptors (Lipinski definition) is 2. The van der Waals surface area contributed by atoms with Gasteiger partial charge in [-0.25, -0.2) is 0 Å². The molecule has 0 amide bonds. The van der Waals surface area contributed by atoms with Crippen molar-refractivity contribution < 1.29 is 9.59 Å². The Bertz CT molecular complexity index is 705. The summed E-state index contributed by atoms with van der Waals surface area (Å²) in [7, 11) is 0. The Morgan fingerprint density at radius 3 is 2.50 bits per heavy atom.